The second-order valence-corrected chi connectivity index (χ2v) is 7.50. The first-order valence-corrected chi connectivity index (χ1v) is 9.68. The summed E-state index contributed by atoms with van der Waals surface area (Å²) in [4.78, 5) is 26.9. The molecule has 0 saturated heterocycles. The van der Waals surface area contributed by atoms with Crippen LogP contribution in [-0.4, -0.2) is 36.9 Å². The Morgan fingerprint density at radius 3 is 2.55 bits per heavy atom. The van der Waals surface area contributed by atoms with Gasteiger partial charge in [-0.25, -0.2) is 0 Å². The smallest absolute Gasteiger partial charge is 0.258 e. The summed E-state index contributed by atoms with van der Waals surface area (Å²) in [7, 11) is 3.35. The van der Waals surface area contributed by atoms with Crippen LogP contribution in [0.15, 0.2) is 46.9 Å². The molecule has 6 nitrogen and oxygen atoms in total. The molecule has 0 atom stereocenters. The standard InChI is InChI=1S/C23H24N2O4/c1-14-21(19-12-18(28-3)10-11-20(19)29-14)23(27)25(2)13-15-4-6-16(7-5-15)22(26)24-17-8-9-17/h4-7,10-12,17H,8-9,13H2,1-3H3,(H,24,26). The van der Waals surface area contributed by atoms with Crippen LogP contribution in [0.25, 0.3) is 11.0 Å². The van der Waals surface area contributed by atoms with Gasteiger partial charge in [0.2, 0.25) is 0 Å². The molecule has 2 amide bonds. The highest BCUT2D eigenvalue weighted by Gasteiger charge is 2.24. The number of benzene rings is 2. The number of ether oxygens (including phenoxy) is 1. The van der Waals surface area contributed by atoms with Gasteiger partial charge in [0.05, 0.1) is 12.7 Å². The molecule has 29 heavy (non-hydrogen) atoms. The minimum absolute atomic E-state index is 0.0436. The van der Waals surface area contributed by atoms with Gasteiger partial charge < -0.3 is 19.4 Å². The minimum Gasteiger partial charge on any atom is -0.497 e. The number of hydrogen-bond acceptors (Lipinski definition) is 4. The zero-order chi connectivity index (χ0) is 20.5. The maximum atomic E-state index is 13.1. The Morgan fingerprint density at radius 2 is 1.90 bits per heavy atom. The van der Waals surface area contributed by atoms with Crippen LogP contribution in [0.4, 0.5) is 0 Å². The van der Waals surface area contributed by atoms with Gasteiger partial charge in [-0.05, 0) is 55.7 Å². The number of fused-ring (bicyclic) bond motifs is 1. The van der Waals surface area contributed by atoms with Crippen molar-refractivity contribution in [3.63, 3.8) is 0 Å². The average molecular weight is 392 g/mol. The van der Waals surface area contributed by atoms with Crippen molar-refractivity contribution in [2.24, 2.45) is 0 Å². The first kappa shape index (κ1) is 19.1. The van der Waals surface area contributed by atoms with Gasteiger partial charge in [-0.3, -0.25) is 9.59 Å². The molecule has 6 heteroatoms. The molecule has 1 fully saturated rings. The molecular weight excluding hydrogens is 368 g/mol. The van der Waals surface area contributed by atoms with E-state index in [1.54, 1.807) is 38.1 Å². The van der Waals surface area contributed by atoms with Gasteiger partial charge in [-0.2, -0.15) is 0 Å². The summed E-state index contributed by atoms with van der Waals surface area (Å²) >= 11 is 0. The first-order valence-electron chi connectivity index (χ1n) is 9.68. The lowest BCUT2D eigenvalue weighted by atomic mass is 10.1. The third kappa shape index (κ3) is 3.97. The van der Waals surface area contributed by atoms with E-state index in [1.807, 2.05) is 30.3 Å². The maximum Gasteiger partial charge on any atom is 0.258 e. The number of rotatable bonds is 6. The second-order valence-electron chi connectivity index (χ2n) is 7.50. The monoisotopic (exact) mass is 392 g/mol. The summed E-state index contributed by atoms with van der Waals surface area (Å²) < 4.78 is 11.0. The predicted octanol–water partition coefficient (Wildman–Crippen LogP) is 3.91. The molecule has 0 aliphatic heterocycles. The molecule has 1 aliphatic rings. The Labute approximate surface area is 169 Å². The Kier molecular flexibility index (Phi) is 5.01. The van der Waals surface area contributed by atoms with Gasteiger partial charge in [0, 0.05) is 30.6 Å². The number of carbonyl (C=O) groups is 2. The van der Waals surface area contributed by atoms with Gasteiger partial charge >= 0.3 is 0 Å². The van der Waals surface area contributed by atoms with Crippen LogP contribution in [0, 0.1) is 6.92 Å². The number of amides is 2. The van der Waals surface area contributed by atoms with Crippen LogP contribution >= 0.6 is 0 Å². The fourth-order valence-corrected chi connectivity index (χ4v) is 3.39. The lowest BCUT2D eigenvalue weighted by Crippen LogP contribution is -2.27. The van der Waals surface area contributed by atoms with Crippen molar-refractivity contribution in [1.29, 1.82) is 0 Å². The summed E-state index contributed by atoms with van der Waals surface area (Å²) in [6.07, 6.45) is 2.12. The van der Waals surface area contributed by atoms with E-state index < -0.39 is 0 Å². The predicted molar refractivity (Wildman–Crippen MR) is 110 cm³/mol. The molecule has 1 saturated carbocycles. The molecule has 3 aromatic rings. The molecule has 2 aromatic carbocycles. The Balaban J connectivity index is 1.50. The van der Waals surface area contributed by atoms with Gasteiger partial charge in [0.25, 0.3) is 11.8 Å². The highest BCUT2D eigenvalue weighted by atomic mass is 16.5. The summed E-state index contributed by atoms with van der Waals surface area (Å²) in [6, 6.07) is 13.1. The molecule has 0 unspecified atom stereocenters. The zero-order valence-corrected chi connectivity index (χ0v) is 16.8. The highest BCUT2D eigenvalue weighted by molar-refractivity contribution is 6.07. The van der Waals surface area contributed by atoms with Gasteiger partial charge in [-0.15, -0.1) is 0 Å². The normalized spacial score (nSPS) is 13.3. The molecule has 0 spiro atoms. The van der Waals surface area contributed by atoms with E-state index in [0.717, 1.165) is 23.8 Å². The van der Waals surface area contributed by atoms with E-state index in [4.69, 9.17) is 9.15 Å². The van der Waals surface area contributed by atoms with Crippen molar-refractivity contribution >= 4 is 22.8 Å². The van der Waals surface area contributed by atoms with Crippen molar-refractivity contribution < 1.29 is 18.7 Å². The lowest BCUT2D eigenvalue weighted by Gasteiger charge is -2.17. The van der Waals surface area contributed by atoms with E-state index >= 15 is 0 Å². The molecule has 1 aliphatic carbocycles. The van der Waals surface area contributed by atoms with Crippen molar-refractivity contribution in [3.05, 3.63) is 64.9 Å². The number of aryl methyl sites for hydroxylation is 1. The number of carbonyl (C=O) groups excluding carboxylic acids is 2. The number of methoxy groups -OCH3 is 1. The van der Waals surface area contributed by atoms with Crippen LogP contribution in [-0.2, 0) is 6.54 Å². The molecule has 1 N–H and O–H groups in total. The number of nitrogens with zero attached hydrogens (tertiary/aromatic N) is 1. The highest BCUT2D eigenvalue weighted by Crippen LogP contribution is 2.30. The van der Waals surface area contributed by atoms with E-state index in [9.17, 15) is 9.59 Å². The van der Waals surface area contributed by atoms with Crippen LogP contribution in [0.5, 0.6) is 5.75 Å². The molecule has 0 bridgehead atoms. The largest absolute Gasteiger partial charge is 0.497 e. The maximum absolute atomic E-state index is 13.1. The zero-order valence-electron chi connectivity index (χ0n) is 16.8. The number of furan rings is 1. The molecular formula is C23H24N2O4. The third-order valence-corrected chi connectivity index (χ3v) is 5.18. The fourth-order valence-electron chi connectivity index (χ4n) is 3.39. The molecule has 1 aromatic heterocycles. The van der Waals surface area contributed by atoms with Gasteiger partial charge in [0.15, 0.2) is 0 Å². The van der Waals surface area contributed by atoms with E-state index in [2.05, 4.69) is 5.32 Å². The lowest BCUT2D eigenvalue weighted by molar-refractivity contribution is 0.0784. The quantitative estimate of drug-likeness (QED) is 0.690. The summed E-state index contributed by atoms with van der Waals surface area (Å²) in [5.74, 6) is 1.09. The number of hydrogen-bond donors (Lipinski definition) is 1. The number of nitrogens with one attached hydrogen (secondary N) is 1. The van der Waals surface area contributed by atoms with Crippen molar-refractivity contribution in [2.45, 2.75) is 32.4 Å². The van der Waals surface area contributed by atoms with Crippen LogP contribution < -0.4 is 10.1 Å². The molecule has 1 heterocycles. The van der Waals surface area contributed by atoms with Gasteiger partial charge in [0.1, 0.15) is 17.1 Å². The van der Waals surface area contributed by atoms with Crippen molar-refractivity contribution in [2.75, 3.05) is 14.2 Å². The van der Waals surface area contributed by atoms with Crippen LogP contribution in [0.3, 0.4) is 0 Å². The van der Waals surface area contributed by atoms with E-state index in [-0.39, 0.29) is 11.8 Å². The Hall–Kier alpha value is -3.28. The van der Waals surface area contributed by atoms with Gasteiger partial charge in [-0.1, -0.05) is 12.1 Å². The SMILES string of the molecule is COc1ccc2oc(C)c(C(=O)N(C)Cc3ccc(C(=O)NC4CC4)cc3)c2c1. The van der Waals surface area contributed by atoms with Crippen LogP contribution in [0.1, 0.15) is 44.9 Å². The third-order valence-electron chi connectivity index (χ3n) is 5.18. The Bertz CT molecular complexity index is 1060. The average Bonchev–Trinajstić information content (AvgIpc) is 3.47. The summed E-state index contributed by atoms with van der Waals surface area (Å²) in [5, 5.41) is 3.72. The fraction of sp³-hybridized carbons (Fsp3) is 0.304. The van der Waals surface area contributed by atoms with E-state index in [1.165, 1.54) is 0 Å². The summed E-state index contributed by atoms with van der Waals surface area (Å²) in [5.41, 5.74) is 2.79. The molecule has 4 rings (SSSR count). The molecule has 150 valence electrons. The first-order chi connectivity index (χ1) is 14.0. The summed E-state index contributed by atoms with van der Waals surface area (Å²) in [6.45, 7) is 2.22. The minimum atomic E-state index is -0.120. The van der Waals surface area contributed by atoms with Crippen LogP contribution in [0.2, 0.25) is 0 Å². The molecule has 0 radical (unpaired) electrons. The second kappa shape index (κ2) is 7.62. The van der Waals surface area contributed by atoms with E-state index in [0.29, 0.717) is 40.8 Å². The topological polar surface area (TPSA) is 71.8 Å². The Morgan fingerprint density at radius 1 is 1.17 bits per heavy atom. The van der Waals surface area contributed by atoms with Crippen molar-refractivity contribution in [1.82, 2.24) is 10.2 Å². The van der Waals surface area contributed by atoms with Crippen molar-refractivity contribution in [3.8, 4) is 5.75 Å².